The fraction of sp³-hybridized carbons (Fsp3) is 0.462. The van der Waals surface area contributed by atoms with Gasteiger partial charge in [-0.3, -0.25) is 9.89 Å². The van der Waals surface area contributed by atoms with Crippen LogP contribution in [0.2, 0.25) is 0 Å². The highest BCUT2D eigenvalue weighted by molar-refractivity contribution is 5.94. The Balaban J connectivity index is 2.12. The van der Waals surface area contributed by atoms with E-state index in [0.29, 0.717) is 18.3 Å². The van der Waals surface area contributed by atoms with Gasteiger partial charge >= 0.3 is 0 Å². The molecule has 1 unspecified atom stereocenters. The second-order valence-corrected chi connectivity index (χ2v) is 5.20. The van der Waals surface area contributed by atoms with E-state index in [2.05, 4.69) is 38.9 Å². The molecule has 0 aliphatic carbocycles. The van der Waals surface area contributed by atoms with Crippen molar-refractivity contribution in [3.8, 4) is 0 Å². The van der Waals surface area contributed by atoms with E-state index in [1.54, 1.807) is 6.20 Å². The summed E-state index contributed by atoms with van der Waals surface area (Å²) in [7, 11) is 0. The quantitative estimate of drug-likeness (QED) is 0.865. The number of rotatable bonds is 2. The zero-order valence-corrected chi connectivity index (χ0v) is 11.3. The van der Waals surface area contributed by atoms with Gasteiger partial charge in [0.2, 0.25) is 5.91 Å². The summed E-state index contributed by atoms with van der Waals surface area (Å²) in [4.78, 5) is 16.3. The molecule has 3 rings (SSSR count). The van der Waals surface area contributed by atoms with Gasteiger partial charge in [-0.2, -0.15) is 5.10 Å². The minimum Gasteiger partial charge on any atom is -0.332 e. The number of H-pyrrole nitrogens is 1. The van der Waals surface area contributed by atoms with Crippen molar-refractivity contribution in [3.63, 3.8) is 0 Å². The lowest BCUT2D eigenvalue weighted by Gasteiger charge is -2.24. The van der Waals surface area contributed by atoms with Crippen molar-refractivity contribution in [1.82, 2.24) is 19.7 Å². The van der Waals surface area contributed by atoms with Crippen LogP contribution in [0.3, 0.4) is 0 Å². The summed E-state index contributed by atoms with van der Waals surface area (Å²) in [5.74, 6) is 1.52. The Labute approximate surface area is 111 Å². The predicted molar refractivity (Wildman–Crippen MR) is 71.0 cm³/mol. The molecule has 3 heterocycles. The van der Waals surface area contributed by atoms with Gasteiger partial charge in [0.25, 0.3) is 0 Å². The summed E-state index contributed by atoms with van der Waals surface area (Å²) in [6.45, 7) is 6.19. The third-order valence-electron chi connectivity index (χ3n) is 3.56. The number of aromatic amines is 1. The summed E-state index contributed by atoms with van der Waals surface area (Å²) >= 11 is 0. The fourth-order valence-corrected chi connectivity index (χ4v) is 2.68. The van der Waals surface area contributed by atoms with E-state index in [1.807, 2.05) is 13.1 Å². The molecule has 0 bridgehead atoms. The minimum atomic E-state index is -0.0279. The molecular formula is C13H17N5O. The highest BCUT2D eigenvalue weighted by Crippen LogP contribution is 2.37. The molecule has 1 aliphatic rings. The van der Waals surface area contributed by atoms with Crippen molar-refractivity contribution in [1.29, 1.82) is 0 Å². The van der Waals surface area contributed by atoms with Crippen LogP contribution in [0, 0.1) is 6.92 Å². The maximum Gasteiger partial charge on any atom is 0.226 e. The third kappa shape index (κ3) is 1.83. The van der Waals surface area contributed by atoms with Gasteiger partial charge in [0, 0.05) is 36.1 Å². The highest BCUT2D eigenvalue weighted by Gasteiger charge is 2.33. The number of anilines is 1. The average Bonchev–Trinajstić information content (AvgIpc) is 2.95. The van der Waals surface area contributed by atoms with Gasteiger partial charge in [0.1, 0.15) is 5.82 Å². The zero-order chi connectivity index (χ0) is 13.6. The van der Waals surface area contributed by atoms with E-state index < -0.39 is 0 Å². The van der Waals surface area contributed by atoms with Crippen LogP contribution >= 0.6 is 0 Å². The Morgan fingerprint density at radius 3 is 3.00 bits per heavy atom. The van der Waals surface area contributed by atoms with Crippen LogP contribution in [0.1, 0.15) is 49.3 Å². The van der Waals surface area contributed by atoms with Crippen molar-refractivity contribution in [2.24, 2.45) is 0 Å². The first-order chi connectivity index (χ1) is 9.08. The molecule has 1 aliphatic heterocycles. The number of fused-ring (bicyclic) bond motifs is 1. The van der Waals surface area contributed by atoms with E-state index in [9.17, 15) is 4.79 Å². The second kappa shape index (κ2) is 4.22. The van der Waals surface area contributed by atoms with E-state index in [4.69, 9.17) is 0 Å². The van der Waals surface area contributed by atoms with Crippen molar-refractivity contribution in [2.75, 3.05) is 5.32 Å². The molecule has 0 saturated heterocycles. The van der Waals surface area contributed by atoms with Gasteiger partial charge in [-0.05, 0) is 20.8 Å². The van der Waals surface area contributed by atoms with Gasteiger partial charge in [-0.15, -0.1) is 0 Å². The topological polar surface area (TPSA) is 75.6 Å². The smallest absolute Gasteiger partial charge is 0.226 e. The summed E-state index contributed by atoms with van der Waals surface area (Å²) in [6.07, 6.45) is 4.16. The molecule has 2 N–H and O–H groups in total. The van der Waals surface area contributed by atoms with Gasteiger partial charge in [-0.25, -0.2) is 4.98 Å². The lowest BCUT2D eigenvalue weighted by Crippen LogP contribution is -2.25. The number of hydrogen-bond donors (Lipinski definition) is 2. The van der Waals surface area contributed by atoms with Crippen LogP contribution in [0.25, 0.3) is 0 Å². The largest absolute Gasteiger partial charge is 0.332 e. The molecule has 0 spiro atoms. The first kappa shape index (κ1) is 12.0. The first-order valence-corrected chi connectivity index (χ1v) is 6.45. The third-order valence-corrected chi connectivity index (χ3v) is 3.56. The number of nitrogens with zero attached hydrogens (tertiary/aromatic N) is 3. The Kier molecular flexibility index (Phi) is 2.66. The molecule has 0 fully saturated rings. The zero-order valence-electron chi connectivity index (χ0n) is 11.3. The van der Waals surface area contributed by atoms with Crippen molar-refractivity contribution >= 4 is 11.7 Å². The molecule has 0 radical (unpaired) electrons. The second-order valence-electron chi connectivity index (χ2n) is 5.20. The molecule has 2 aromatic heterocycles. The summed E-state index contributed by atoms with van der Waals surface area (Å²) in [6, 6.07) is 0.318. The maximum atomic E-state index is 11.8. The number of hydrogen-bond acceptors (Lipinski definition) is 3. The van der Waals surface area contributed by atoms with Crippen LogP contribution in [0.5, 0.6) is 0 Å². The van der Waals surface area contributed by atoms with Crippen LogP contribution < -0.4 is 5.32 Å². The van der Waals surface area contributed by atoms with Crippen molar-refractivity contribution in [2.45, 2.75) is 39.2 Å². The molecule has 6 heteroatoms. The summed E-state index contributed by atoms with van der Waals surface area (Å²) in [5, 5.41) is 9.89. The van der Waals surface area contributed by atoms with E-state index >= 15 is 0 Å². The van der Waals surface area contributed by atoms with Gasteiger partial charge in [0.15, 0.2) is 5.82 Å². The molecule has 19 heavy (non-hydrogen) atoms. The number of carbonyl (C=O) groups is 1. The molecule has 1 amide bonds. The summed E-state index contributed by atoms with van der Waals surface area (Å²) < 4.78 is 2.11. The molecule has 1 atom stereocenters. The number of carbonyl (C=O) groups excluding carboxylic acids is 1. The Bertz CT molecular complexity index is 625. The molecule has 6 nitrogen and oxygen atoms in total. The molecule has 2 aromatic rings. The van der Waals surface area contributed by atoms with Crippen LogP contribution in [-0.4, -0.2) is 25.7 Å². The van der Waals surface area contributed by atoms with Gasteiger partial charge in [-0.1, -0.05) is 0 Å². The normalized spacial score (nSPS) is 18.5. The van der Waals surface area contributed by atoms with E-state index in [1.165, 1.54) is 0 Å². The lowest BCUT2D eigenvalue weighted by molar-refractivity contribution is -0.116. The fourth-order valence-electron chi connectivity index (χ4n) is 2.68. The van der Waals surface area contributed by atoms with Crippen molar-refractivity contribution < 1.29 is 4.79 Å². The summed E-state index contributed by atoms with van der Waals surface area (Å²) in [5.41, 5.74) is 2.03. The molecule has 0 saturated carbocycles. The monoisotopic (exact) mass is 259 g/mol. The Morgan fingerprint density at radius 2 is 2.26 bits per heavy atom. The van der Waals surface area contributed by atoms with E-state index in [0.717, 1.165) is 17.1 Å². The maximum absolute atomic E-state index is 11.8. The predicted octanol–water partition coefficient (Wildman–Crippen LogP) is 1.97. The Hall–Kier alpha value is -2.11. The number of imidazole rings is 1. The standard InChI is InChI=1S/C13H17N5O/c1-7(2)18-5-4-14-13(18)9-6-10(19)15-12-11(9)8(3)16-17-12/h4-5,7,9H,6H2,1-3H3,(H2,15,16,17,19). The molecule has 100 valence electrons. The van der Waals surface area contributed by atoms with Gasteiger partial charge < -0.3 is 9.88 Å². The van der Waals surface area contributed by atoms with Crippen LogP contribution in [-0.2, 0) is 4.79 Å². The number of aryl methyl sites for hydroxylation is 1. The number of aromatic nitrogens is 4. The van der Waals surface area contributed by atoms with Crippen LogP contribution in [0.15, 0.2) is 12.4 Å². The SMILES string of the molecule is Cc1[nH]nc2c1C(c1nccn1C(C)C)CC(=O)N2. The van der Waals surface area contributed by atoms with Crippen molar-refractivity contribution in [3.05, 3.63) is 29.5 Å². The molecule has 0 aromatic carbocycles. The number of nitrogens with one attached hydrogen (secondary N) is 2. The first-order valence-electron chi connectivity index (χ1n) is 6.45. The van der Waals surface area contributed by atoms with Crippen LogP contribution in [0.4, 0.5) is 5.82 Å². The average molecular weight is 259 g/mol. The molecular weight excluding hydrogens is 242 g/mol. The highest BCUT2D eigenvalue weighted by atomic mass is 16.1. The van der Waals surface area contributed by atoms with E-state index in [-0.39, 0.29) is 11.8 Å². The number of amides is 1. The lowest BCUT2D eigenvalue weighted by atomic mass is 9.91. The Morgan fingerprint density at radius 1 is 1.47 bits per heavy atom. The van der Waals surface area contributed by atoms with Gasteiger partial charge in [0.05, 0.1) is 5.92 Å². The minimum absolute atomic E-state index is 0.0118.